The van der Waals surface area contributed by atoms with E-state index in [9.17, 15) is 0 Å². The molecule has 0 spiro atoms. The number of likely N-dealkylation sites (N-methyl/N-ethyl adjacent to an activating group) is 2. The fourth-order valence-electron chi connectivity index (χ4n) is 3.19. The monoisotopic (exact) mass is 261 g/mol. The Morgan fingerprint density at radius 1 is 1.42 bits per heavy atom. The molecule has 1 unspecified atom stereocenters. The molecule has 0 aliphatic carbocycles. The zero-order valence-corrected chi connectivity index (χ0v) is 11.9. The van der Waals surface area contributed by atoms with E-state index >= 15 is 0 Å². The standard InChI is InChI=1S/C14H23N5/c1-18-7-3-4-11(9-18)19(2)14-12-8-15-6-5-13(12)16-10-17-14/h10-11,15H,3-9H2,1-2H3. The molecule has 0 amide bonds. The van der Waals surface area contributed by atoms with Crippen molar-refractivity contribution in [3.05, 3.63) is 17.6 Å². The fraction of sp³-hybridized carbons (Fsp3) is 0.714. The van der Waals surface area contributed by atoms with Gasteiger partial charge in [0.25, 0.3) is 0 Å². The van der Waals surface area contributed by atoms with Crippen LogP contribution in [-0.2, 0) is 13.0 Å². The molecule has 0 bridgehead atoms. The van der Waals surface area contributed by atoms with Gasteiger partial charge in [-0.2, -0.15) is 0 Å². The van der Waals surface area contributed by atoms with E-state index in [0.717, 1.165) is 31.9 Å². The highest BCUT2D eigenvalue weighted by Crippen LogP contribution is 2.25. The molecule has 5 heteroatoms. The zero-order chi connectivity index (χ0) is 13.2. The highest BCUT2D eigenvalue weighted by atomic mass is 15.2. The third-order valence-electron chi connectivity index (χ3n) is 4.33. The minimum absolute atomic E-state index is 0.569. The Labute approximate surface area is 115 Å². The van der Waals surface area contributed by atoms with Crippen LogP contribution >= 0.6 is 0 Å². The van der Waals surface area contributed by atoms with Gasteiger partial charge in [0, 0.05) is 44.7 Å². The molecular formula is C14H23N5. The number of nitrogens with one attached hydrogen (secondary N) is 1. The van der Waals surface area contributed by atoms with Crippen molar-refractivity contribution >= 4 is 5.82 Å². The maximum Gasteiger partial charge on any atom is 0.136 e. The first-order valence-electron chi connectivity index (χ1n) is 7.20. The first kappa shape index (κ1) is 12.8. The molecule has 2 aliphatic heterocycles. The summed E-state index contributed by atoms with van der Waals surface area (Å²) in [5, 5.41) is 3.43. The van der Waals surface area contributed by atoms with E-state index in [0.29, 0.717) is 6.04 Å². The Kier molecular flexibility index (Phi) is 3.66. The van der Waals surface area contributed by atoms with Crippen LogP contribution < -0.4 is 10.2 Å². The number of piperidine rings is 1. The molecule has 1 N–H and O–H groups in total. The average Bonchev–Trinajstić information content (AvgIpc) is 2.46. The van der Waals surface area contributed by atoms with Crippen LogP contribution in [0.25, 0.3) is 0 Å². The number of aromatic nitrogens is 2. The fourth-order valence-corrected chi connectivity index (χ4v) is 3.19. The molecule has 3 rings (SSSR count). The quantitative estimate of drug-likeness (QED) is 0.847. The van der Waals surface area contributed by atoms with Crippen molar-refractivity contribution in [3.8, 4) is 0 Å². The lowest BCUT2D eigenvalue weighted by Crippen LogP contribution is -2.46. The SMILES string of the molecule is CN1CCCC(N(C)c2ncnc3c2CNCC3)C1. The lowest BCUT2D eigenvalue weighted by molar-refractivity contribution is 0.247. The van der Waals surface area contributed by atoms with Crippen LogP contribution in [0.15, 0.2) is 6.33 Å². The molecule has 1 fully saturated rings. The lowest BCUT2D eigenvalue weighted by atomic mass is 10.0. The normalized spacial score (nSPS) is 24.0. The molecule has 5 nitrogen and oxygen atoms in total. The molecule has 3 heterocycles. The molecular weight excluding hydrogens is 238 g/mol. The van der Waals surface area contributed by atoms with Gasteiger partial charge in [0.15, 0.2) is 0 Å². The van der Waals surface area contributed by atoms with Gasteiger partial charge in [0.05, 0.1) is 5.69 Å². The molecule has 1 aromatic heterocycles. The number of nitrogens with zero attached hydrogens (tertiary/aromatic N) is 4. The minimum Gasteiger partial charge on any atom is -0.355 e. The smallest absolute Gasteiger partial charge is 0.136 e. The molecule has 1 aromatic rings. The summed E-state index contributed by atoms with van der Waals surface area (Å²) in [6.45, 7) is 4.27. The van der Waals surface area contributed by atoms with Crippen molar-refractivity contribution in [1.82, 2.24) is 20.2 Å². The Balaban J connectivity index is 1.84. The predicted molar refractivity (Wildman–Crippen MR) is 76.4 cm³/mol. The molecule has 0 saturated carbocycles. The topological polar surface area (TPSA) is 44.3 Å². The first-order valence-corrected chi connectivity index (χ1v) is 7.20. The Morgan fingerprint density at radius 3 is 3.16 bits per heavy atom. The first-order chi connectivity index (χ1) is 9.25. The van der Waals surface area contributed by atoms with Crippen LogP contribution in [0.2, 0.25) is 0 Å². The van der Waals surface area contributed by atoms with Gasteiger partial charge in [-0.05, 0) is 26.4 Å². The summed E-state index contributed by atoms with van der Waals surface area (Å²) in [4.78, 5) is 13.8. The second-order valence-electron chi connectivity index (χ2n) is 5.72. The van der Waals surface area contributed by atoms with E-state index in [2.05, 4.69) is 39.2 Å². The lowest BCUT2D eigenvalue weighted by Gasteiger charge is -2.37. The Hall–Kier alpha value is -1.20. The molecule has 1 saturated heterocycles. The Morgan fingerprint density at radius 2 is 2.32 bits per heavy atom. The van der Waals surface area contributed by atoms with Gasteiger partial charge in [0.2, 0.25) is 0 Å². The van der Waals surface area contributed by atoms with Gasteiger partial charge >= 0.3 is 0 Å². The Bertz CT molecular complexity index is 447. The van der Waals surface area contributed by atoms with E-state index in [1.165, 1.54) is 30.6 Å². The summed E-state index contributed by atoms with van der Waals surface area (Å²) < 4.78 is 0. The van der Waals surface area contributed by atoms with Crippen molar-refractivity contribution in [3.63, 3.8) is 0 Å². The summed E-state index contributed by atoms with van der Waals surface area (Å²) in [6.07, 6.45) is 5.27. The van der Waals surface area contributed by atoms with Crippen molar-refractivity contribution in [2.45, 2.75) is 31.8 Å². The maximum atomic E-state index is 4.55. The number of anilines is 1. The minimum atomic E-state index is 0.569. The van der Waals surface area contributed by atoms with Crippen molar-refractivity contribution < 1.29 is 0 Å². The molecule has 1 atom stereocenters. The number of fused-ring (bicyclic) bond motifs is 1. The van der Waals surface area contributed by atoms with Gasteiger partial charge in [-0.1, -0.05) is 0 Å². The van der Waals surface area contributed by atoms with Crippen LogP contribution in [0.3, 0.4) is 0 Å². The third kappa shape index (κ3) is 2.58. The number of hydrogen-bond donors (Lipinski definition) is 1. The molecule has 0 aromatic carbocycles. The van der Waals surface area contributed by atoms with Crippen LogP contribution in [0.5, 0.6) is 0 Å². The van der Waals surface area contributed by atoms with E-state index in [4.69, 9.17) is 0 Å². The highest BCUT2D eigenvalue weighted by Gasteiger charge is 2.25. The van der Waals surface area contributed by atoms with Crippen molar-refractivity contribution in [2.75, 3.05) is 38.6 Å². The van der Waals surface area contributed by atoms with Gasteiger partial charge < -0.3 is 15.1 Å². The van der Waals surface area contributed by atoms with Gasteiger partial charge in [-0.3, -0.25) is 0 Å². The van der Waals surface area contributed by atoms with E-state index in [1.807, 2.05) is 0 Å². The van der Waals surface area contributed by atoms with Gasteiger partial charge in [0.1, 0.15) is 12.1 Å². The second kappa shape index (κ2) is 5.43. The van der Waals surface area contributed by atoms with E-state index in [1.54, 1.807) is 6.33 Å². The van der Waals surface area contributed by atoms with Crippen LogP contribution in [0.1, 0.15) is 24.1 Å². The van der Waals surface area contributed by atoms with Crippen LogP contribution in [-0.4, -0.2) is 54.6 Å². The van der Waals surface area contributed by atoms with Gasteiger partial charge in [-0.15, -0.1) is 0 Å². The zero-order valence-electron chi connectivity index (χ0n) is 11.9. The predicted octanol–water partition coefficient (Wildman–Crippen LogP) is 0.653. The maximum absolute atomic E-state index is 4.55. The second-order valence-corrected chi connectivity index (χ2v) is 5.72. The summed E-state index contributed by atoms with van der Waals surface area (Å²) in [7, 11) is 4.39. The molecule has 19 heavy (non-hydrogen) atoms. The molecule has 2 aliphatic rings. The van der Waals surface area contributed by atoms with E-state index < -0.39 is 0 Å². The summed E-state index contributed by atoms with van der Waals surface area (Å²) in [5.41, 5.74) is 2.52. The number of rotatable bonds is 2. The van der Waals surface area contributed by atoms with Crippen LogP contribution in [0, 0.1) is 0 Å². The van der Waals surface area contributed by atoms with Crippen LogP contribution in [0.4, 0.5) is 5.82 Å². The van der Waals surface area contributed by atoms with Crippen molar-refractivity contribution in [1.29, 1.82) is 0 Å². The van der Waals surface area contributed by atoms with Crippen molar-refractivity contribution in [2.24, 2.45) is 0 Å². The molecule has 0 radical (unpaired) electrons. The number of hydrogen-bond acceptors (Lipinski definition) is 5. The number of likely N-dealkylation sites (tertiary alicyclic amines) is 1. The largest absolute Gasteiger partial charge is 0.355 e. The summed E-state index contributed by atoms with van der Waals surface area (Å²) >= 11 is 0. The summed E-state index contributed by atoms with van der Waals surface area (Å²) in [5.74, 6) is 1.12. The summed E-state index contributed by atoms with van der Waals surface area (Å²) in [6, 6.07) is 0.569. The van der Waals surface area contributed by atoms with E-state index in [-0.39, 0.29) is 0 Å². The average molecular weight is 261 g/mol. The molecule has 104 valence electrons. The van der Waals surface area contributed by atoms with Gasteiger partial charge in [-0.25, -0.2) is 9.97 Å². The highest BCUT2D eigenvalue weighted by molar-refractivity contribution is 5.49. The third-order valence-corrected chi connectivity index (χ3v) is 4.33.